The van der Waals surface area contributed by atoms with Crippen LogP contribution in [0.1, 0.15) is 12.5 Å². The minimum absolute atomic E-state index is 0.304. The highest BCUT2D eigenvalue weighted by atomic mass is 16.5. The van der Waals surface area contributed by atoms with Crippen LogP contribution in [0.3, 0.4) is 0 Å². The minimum atomic E-state index is -0.405. The van der Waals surface area contributed by atoms with Gasteiger partial charge in [0.2, 0.25) is 0 Å². The number of benzene rings is 1. The van der Waals surface area contributed by atoms with Crippen molar-refractivity contribution in [2.45, 2.75) is 18.6 Å². The van der Waals surface area contributed by atoms with Crippen LogP contribution in [-0.4, -0.2) is 69.2 Å². The van der Waals surface area contributed by atoms with Crippen LogP contribution in [0.2, 0.25) is 0 Å². The molecule has 0 spiro atoms. The average Bonchev–Trinajstić information content (AvgIpc) is 2.55. The maximum absolute atomic E-state index is 10.3. The fourth-order valence-corrected chi connectivity index (χ4v) is 2.82. The largest absolute Gasteiger partial charge is 0.390 e. The molecule has 1 saturated heterocycles. The van der Waals surface area contributed by atoms with Gasteiger partial charge in [-0.25, -0.2) is 0 Å². The molecule has 1 fully saturated rings. The normalized spacial score (nSPS) is 20.5. The first-order chi connectivity index (χ1) is 10.6. The second-order valence-electron chi connectivity index (χ2n) is 6.08. The van der Waals surface area contributed by atoms with Gasteiger partial charge in [0.1, 0.15) is 0 Å². The van der Waals surface area contributed by atoms with Crippen LogP contribution in [0.15, 0.2) is 30.3 Å². The monoisotopic (exact) mass is 308 g/mol. The summed E-state index contributed by atoms with van der Waals surface area (Å²) in [5, 5.41) is 13.8. The SMILES string of the molecule is COCC(C)(NCC(O)CN1CCOCC1)c1ccccc1. The van der Waals surface area contributed by atoms with Crippen molar-refractivity contribution in [2.75, 3.05) is 53.1 Å². The Morgan fingerprint density at radius 3 is 2.64 bits per heavy atom. The summed E-state index contributed by atoms with van der Waals surface area (Å²) in [4.78, 5) is 2.24. The molecule has 0 saturated carbocycles. The van der Waals surface area contributed by atoms with Crippen LogP contribution >= 0.6 is 0 Å². The fourth-order valence-electron chi connectivity index (χ4n) is 2.82. The number of nitrogens with one attached hydrogen (secondary N) is 1. The lowest BCUT2D eigenvalue weighted by atomic mass is 9.92. The standard InChI is InChI=1S/C17H28N2O3/c1-17(14-21-2,15-6-4-3-5-7-15)18-12-16(20)13-19-8-10-22-11-9-19/h3-7,16,18,20H,8-14H2,1-2H3. The second kappa shape index (κ2) is 8.60. The first-order valence-corrected chi connectivity index (χ1v) is 7.92. The van der Waals surface area contributed by atoms with Crippen molar-refractivity contribution in [1.82, 2.24) is 10.2 Å². The summed E-state index contributed by atoms with van der Waals surface area (Å²) in [6.45, 7) is 7.17. The number of hydrogen-bond donors (Lipinski definition) is 2. The molecule has 0 bridgehead atoms. The van der Waals surface area contributed by atoms with Gasteiger partial charge in [-0.15, -0.1) is 0 Å². The van der Waals surface area contributed by atoms with E-state index in [0.717, 1.165) is 31.9 Å². The lowest BCUT2D eigenvalue weighted by molar-refractivity contribution is 0.0119. The molecule has 2 rings (SSSR count). The Morgan fingerprint density at radius 2 is 2.00 bits per heavy atom. The topological polar surface area (TPSA) is 54.0 Å². The quantitative estimate of drug-likeness (QED) is 0.745. The van der Waals surface area contributed by atoms with E-state index in [0.29, 0.717) is 19.7 Å². The Bertz CT molecular complexity index is 423. The molecule has 0 aromatic heterocycles. The molecular weight excluding hydrogens is 280 g/mol. The molecule has 124 valence electrons. The number of morpholine rings is 1. The molecule has 5 nitrogen and oxygen atoms in total. The molecule has 22 heavy (non-hydrogen) atoms. The Labute approximate surface area is 133 Å². The van der Waals surface area contributed by atoms with E-state index in [1.54, 1.807) is 7.11 Å². The summed E-state index contributed by atoms with van der Waals surface area (Å²) in [7, 11) is 1.70. The first kappa shape index (κ1) is 17.4. The third kappa shape index (κ3) is 5.04. The summed E-state index contributed by atoms with van der Waals surface area (Å²) in [5.41, 5.74) is 0.859. The van der Waals surface area contributed by atoms with Crippen molar-refractivity contribution in [3.63, 3.8) is 0 Å². The van der Waals surface area contributed by atoms with Crippen molar-refractivity contribution >= 4 is 0 Å². The lowest BCUT2D eigenvalue weighted by Gasteiger charge is -2.33. The highest BCUT2D eigenvalue weighted by molar-refractivity contribution is 5.23. The Balaban J connectivity index is 1.88. The van der Waals surface area contributed by atoms with Crippen molar-refractivity contribution in [3.05, 3.63) is 35.9 Å². The van der Waals surface area contributed by atoms with Gasteiger partial charge >= 0.3 is 0 Å². The highest BCUT2D eigenvalue weighted by Crippen LogP contribution is 2.20. The van der Waals surface area contributed by atoms with Gasteiger partial charge in [0.05, 0.1) is 31.5 Å². The van der Waals surface area contributed by atoms with Crippen molar-refractivity contribution < 1.29 is 14.6 Å². The molecule has 0 amide bonds. The summed E-state index contributed by atoms with van der Waals surface area (Å²) < 4.78 is 10.7. The van der Waals surface area contributed by atoms with Crippen LogP contribution in [0, 0.1) is 0 Å². The number of hydrogen-bond acceptors (Lipinski definition) is 5. The highest BCUT2D eigenvalue weighted by Gasteiger charge is 2.27. The second-order valence-corrected chi connectivity index (χ2v) is 6.08. The van der Waals surface area contributed by atoms with Gasteiger partial charge in [-0.1, -0.05) is 30.3 Å². The number of aliphatic hydroxyl groups is 1. The lowest BCUT2D eigenvalue weighted by Crippen LogP contribution is -2.49. The number of rotatable bonds is 8. The molecule has 1 aromatic carbocycles. The summed E-state index contributed by atoms with van der Waals surface area (Å²) in [5.74, 6) is 0. The molecule has 2 unspecified atom stereocenters. The van der Waals surface area contributed by atoms with Gasteiger partial charge in [-0.3, -0.25) is 4.90 Å². The smallest absolute Gasteiger partial charge is 0.0791 e. The van der Waals surface area contributed by atoms with Crippen molar-refractivity contribution in [3.8, 4) is 0 Å². The first-order valence-electron chi connectivity index (χ1n) is 7.92. The number of nitrogens with zero attached hydrogens (tertiary/aromatic N) is 1. The molecular formula is C17H28N2O3. The van der Waals surface area contributed by atoms with E-state index in [9.17, 15) is 5.11 Å². The van der Waals surface area contributed by atoms with E-state index in [-0.39, 0.29) is 5.54 Å². The van der Waals surface area contributed by atoms with Gasteiger partial charge < -0.3 is 19.9 Å². The van der Waals surface area contributed by atoms with Crippen LogP contribution in [0.4, 0.5) is 0 Å². The molecule has 1 aliphatic heterocycles. The van der Waals surface area contributed by atoms with Gasteiger partial charge in [-0.05, 0) is 12.5 Å². The molecule has 1 aromatic rings. The molecule has 1 aliphatic rings. The van der Waals surface area contributed by atoms with Crippen LogP contribution in [0.5, 0.6) is 0 Å². The maximum Gasteiger partial charge on any atom is 0.0791 e. The number of β-amino-alcohol motifs (C(OH)–C–C–N with tert-alkyl or cyclic N) is 1. The van der Waals surface area contributed by atoms with E-state index in [2.05, 4.69) is 29.3 Å². The predicted octanol–water partition coefficient (Wildman–Crippen LogP) is 0.831. The zero-order valence-corrected chi connectivity index (χ0v) is 13.6. The third-order valence-electron chi connectivity index (χ3n) is 4.14. The van der Waals surface area contributed by atoms with Gasteiger partial charge in [0, 0.05) is 33.3 Å². The summed E-state index contributed by atoms with van der Waals surface area (Å²) in [6.07, 6.45) is -0.405. The van der Waals surface area contributed by atoms with Crippen molar-refractivity contribution in [1.29, 1.82) is 0 Å². The number of ether oxygens (including phenoxy) is 2. The fraction of sp³-hybridized carbons (Fsp3) is 0.647. The Hall–Kier alpha value is -0.980. The van der Waals surface area contributed by atoms with Gasteiger partial charge in [-0.2, -0.15) is 0 Å². The van der Waals surface area contributed by atoms with Crippen LogP contribution in [-0.2, 0) is 15.0 Å². The average molecular weight is 308 g/mol. The Kier molecular flexibility index (Phi) is 6.79. The zero-order chi connectivity index (χ0) is 15.8. The van der Waals surface area contributed by atoms with Gasteiger partial charge in [0.25, 0.3) is 0 Å². The van der Waals surface area contributed by atoms with E-state index >= 15 is 0 Å². The maximum atomic E-state index is 10.3. The Morgan fingerprint density at radius 1 is 1.32 bits per heavy atom. The summed E-state index contributed by atoms with van der Waals surface area (Å²) >= 11 is 0. The van der Waals surface area contributed by atoms with E-state index < -0.39 is 6.10 Å². The molecule has 1 heterocycles. The van der Waals surface area contributed by atoms with Crippen LogP contribution < -0.4 is 5.32 Å². The molecule has 0 aliphatic carbocycles. The van der Waals surface area contributed by atoms with E-state index in [1.165, 1.54) is 0 Å². The number of aliphatic hydroxyl groups excluding tert-OH is 1. The third-order valence-corrected chi connectivity index (χ3v) is 4.14. The molecule has 0 radical (unpaired) electrons. The predicted molar refractivity (Wildman–Crippen MR) is 86.9 cm³/mol. The molecule has 2 N–H and O–H groups in total. The summed E-state index contributed by atoms with van der Waals surface area (Å²) in [6, 6.07) is 10.2. The zero-order valence-electron chi connectivity index (χ0n) is 13.6. The minimum Gasteiger partial charge on any atom is -0.390 e. The molecule has 5 heteroatoms. The van der Waals surface area contributed by atoms with E-state index in [1.807, 2.05) is 18.2 Å². The molecule has 2 atom stereocenters. The number of methoxy groups -OCH3 is 1. The van der Waals surface area contributed by atoms with Crippen LogP contribution in [0.25, 0.3) is 0 Å². The van der Waals surface area contributed by atoms with Crippen molar-refractivity contribution in [2.24, 2.45) is 0 Å². The van der Waals surface area contributed by atoms with E-state index in [4.69, 9.17) is 9.47 Å². The van der Waals surface area contributed by atoms with Gasteiger partial charge in [0.15, 0.2) is 0 Å².